The van der Waals surface area contributed by atoms with Gasteiger partial charge < -0.3 is 29.9 Å². The average molecular weight is 417 g/mol. The smallest absolute Gasteiger partial charge is 0.187 e. The van der Waals surface area contributed by atoms with Crippen LogP contribution >= 0.6 is 0 Å². The molecule has 0 spiro atoms. The van der Waals surface area contributed by atoms with Crippen molar-refractivity contribution in [2.75, 3.05) is 6.61 Å². The van der Waals surface area contributed by atoms with Gasteiger partial charge in [0.15, 0.2) is 6.29 Å². The summed E-state index contributed by atoms with van der Waals surface area (Å²) < 4.78 is 11.9. The fraction of sp³-hybridized carbons (Fsp3) is 0.810. The zero-order valence-electron chi connectivity index (χ0n) is 17.7. The molecule has 168 valence electrons. The van der Waals surface area contributed by atoms with Crippen LogP contribution in [0.25, 0.3) is 0 Å². The number of hydrogen-bond acceptors (Lipinski definition) is 8. The van der Waals surface area contributed by atoms with Gasteiger partial charge in [-0.05, 0) is 53.4 Å². The van der Waals surface area contributed by atoms with Crippen molar-refractivity contribution in [2.45, 2.75) is 95.3 Å². The van der Waals surface area contributed by atoms with Crippen LogP contribution in [0.3, 0.4) is 0 Å². The summed E-state index contributed by atoms with van der Waals surface area (Å²) >= 11 is 0. The molecule has 1 saturated heterocycles. The molecule has 0 amide bonds. The van der Waals surface area contributed by atoms with E-state index < -0.39 is 41.9 Å². The Labute approximate surface area is 172 Å². The van der Waals surface area contributed by atoms with Crippen LogP contribution in [0.4, 0.5) is 0 Å². The van der Waals surface area contributed by atoms with Crippen molar-refractivity contribution in [3.05, 3.63) is 23.8 Å². The lowest BCUT2D eigenvalue weighted by Crippen LogP contribution is -2.59. The predicted molar refractivity (Wildman–Crippen MR) is 106 cm³/mol. The first-order valence-corrected chi connectivity index (χ1v) is 10.2. The molecule has 0 aromatic rings. The van der Waals surface area contributed by atoms with Crippen molar-refractivity contribution in [1.82, 2.24) is 0 Å². The van der Waals surface area contributed by atoms with Gasteiger partial charge in [-0.3, -0.25) is 5.26 Å². The van der Waals surface area contributed by atoms with Crippen molar-refractivity contribution in [3.8, 4) is 0 Å². The largest absolute Gasteiger partial charge is 0.392 e. The van der Waals surface area contributed by atoms with Crippen LogP contribution in [0.1, 0.15) is 53.4 Å². The van der Waals surface area contributed by atoms with Crippen LogP contribution < -0.4 is 0 Å². The van der Waals surface area contributed by atoms with E-state index in [0.717, 1.165) is 5.57 Å². The third kappa shape index (κ3) is 5.86. The maximum absolute atomic E-state index is 10.4. The van der Waals surface area contributed by atoms with E-state index in [0.29, 0.717) is 25.7 Å². The molecule has 8 heteroatoms. The highest BCUT2D eigenvalue weighted by Crippen LogP contribution is 2.40. The molecule has 8 atom stereocenters. The molecule has 2 aliphatic rings. The maximum Gasteiger partial charge on any atom is 0.187 e. The second-order valence-corrected chi connectivity index (χ2v) is 8.77. The Morgan fingerprint density at radius 2 is 1.97 bits per heavy atom. The zero-order chi connectivity index (χ0) is 21.8. The van der Waals surface area contributed by atoms with E-state index in [4.69, 9.17) is 14.7 Å². The molecule has 0 aromatic carbocycles. The predicted octanol–water partition coefficient (Wildman–Crippen LogP) is 1.52. The second kappa shape index (κ2) is 9.98. The van der Waals surface area contributed by atoms with Gasteiger partial charge in [-0.25, -0.2) is 4.89 Å². The summed E-state index contributed by atoms with van der Waals surface area (Å²) in [6, 6.07) is 0. The summed E-state index contributed by atoms with van der Waals surface area (Å²) in [6.45, 7) is 7.16. The number of aliphatic hydroxyl groups excluding tert-OH is 4. The van der Waals surface area contributed by atoms with Crippen LogP contribution in [-0.4, -0.2) is 74.2 Å². The van der Waals surface area contributed by atoms with Crippen LogP contribution in [0, 0.1) is 5.92 Å². The van der Waals surface area contributed by atoms with Gasteiger partial charge in [0.1, 0.15) is 23.9 Å². The molecule has 0 radical (unpaired) electrons. The first-order chi connectivity index (χ1) is 13.5. The molecular weight excluding hydrogens is 380 g/mol. The Balaban J connectivity index is 2.21. The molecule has 0 bridgehead atoms. The van der Waals surface area contributed by atoms with E-state index >= 15 is 0 Å². The molecule has 1 aliphatic carbocycles. The monoisotopic (exact) mass is 416 g/mol. The minimum absolute atomic E-state index is 0.0147. The molecular formula is C21H36O8. The quantitative estimate of drug-likeness (QED) is 0.229. The zero-order valence-corrected chi connectivity index (χ0v) is 17.7. The first-order valence-electron chi connectivity index (χ1n) is 10.2. The highest BCUT2D eigenvalue weighted by molar-refractivity contribution is 5.11. The van der Waals surface area contributed by atoms with Gasteiger partial charge >= 0.3 is 0 Å². The molecule has 29 heavy (non-hydrogen) atoms. The highest BCUT2D eigenvalue weighted by atomic mass is 17.1. The topological polar surface area (TPSA) is 129 Å². The average Bonchev–Trinajstić information content (AvgIpc) is 2.70. The summed E-state index contributed by atoms with van der Waals surface area (Å²) in [5.41, 5.74) is -0.651. The van der Waals surface area contributed by atoms with E-state index in [1.165, 1.54) is 0 Å². The number of aliphatic hydroxyl groups is 4. The molecule has 1 fully saturated rings. The summed E-state index contributed by atoms with van der Waals surface area (Å²) in [6.07, 6.45) is 2.45. The van der Waals surface area contributed by atoms with Gasteiger partial charge in [0.25, 0.3) is 0 Å². The van der Waals surface area contributed by atoms with Crippen LogP contribution in [0.5, 0.6) is 0 Å². The van der Waals surface area contributed by atoms with Gasteiger partial charge in [-0.1, -0.05) is 23.8 Å². The lowest BCUT2D eigenvalue weighted by atomic mass is 9.75. The third-order valence-corrected chi connectivity index (χ3v) is 6.20. The second-order valence-electron chi connectivity index (χ2n) is 8.77. The Morgan fingerprint density at radius 1 is 1.28 bits per heavy atom. The number of hydrogen-bond donors (Lipinski definition) is 5. The molecule has 1 aliphatic heterocycles. The number of rotatable bonds is 8. The lowest BCUT2D eigenvalue weighted by molar-refractivity contribution is -0.326. The van der Waals surface area contributed by atoms with Gasteiger partial charge in [-0.2, -0.15) is 0 Å². The van der Waals surface area contributed by atoms with Gasteiger partial charge in [0.05, 0.1) is 18.3 Å². The van der Waals surface area contributed by atoms with Gasteiger partial charge in [0, 0.05) is 5.92 Å². The Hall–Kier alpha value is -0.840. The van der Waals surface area contributed by atoms with E-state index in [-0.39, 0.29) is 12.5 Å². The van der Waals surface area contributed by atoms with Gasteiger partial charge in [0.2, 0.25) is 0 Å². The number of allylic oxidation sites excluding steroid dienone is 1. The lowest BCUT2D eigenvalue weighted by Gasteiger charge is -2.46. The summed E-state index contributed by atoms with van der Waals surface area (Å²) in [7, 11) is 0. The van der Waals surface area contributed by atoms with Crippen molar-refractivity contribution < 1.29 is 40.0 Å². The van der Waals surface area contributed by atoms with E-state index in [2.05, 4.69) is 4.89 Å². The van der Waals surface area contributed by atoms with Crippen LogP contribution in [0.15, 0.2) is 23.8 Å². The first kappa shape index (κ1) is 24.4. The molecule has 8 nitrogen and oxygen atoms in total. The Bertz CT molecular complexity index is 593. The Kier molecular flexibility index (Phi) is 8.41. The molecule has 1 heterocycles. The Morgan fingerprint density at radius 3 is 2.52 bits per heavy atom. The minimum Gasteiger partial charge on any atom is -0.392 e. The van der Waals surface area contributed by atoms with Gasteiger partial charge in [-0.15, -0.1) is 0 Å². The minimum atomic E-state index is -1.38. The van der Waals surface area contributed by atoms with Crippen molar-refractivity contribution >= 4 is 0 Å². The van der Waals surface area contributed by atoms with E-state index in [1.54, 1.807) is 19.9 Å². The maximum atomic E-state index is 10.4. The number of ether oxygens (including phenoxy) is 2. The standard InChI is InChI=1S/C21H36O8/c1-13(12-22)6-5-9-21(4,15-7-10-20(3,29-26)11-8-15)28-19-18(25)17(24)16(23)14(2)27-19/h6-7,10,14-19,22-26H,5,8-9,11-12H2,1-4H3. The molecule has 0 aromatic heterocycles. The van der Waals surface area contributed by atoms with E-state index in [1.807, 2.05) is 26.0 Å². The van der Waals surface area contributed by atoms with E-state index in [9.17, 15) is 20.4 Å². The van der Waals surface area contributed by atoms with Crippen molar-refractivity contribution in [3.63, 3.8) is 0 Å². The molecule has 2 rings (SSSR count). The third-order valence-electron chi connectivity index (χ3n) is 6.20. The van der Waals surface area contributed by atoms with Crippen molar-refractivity contribution in [1.29, 1.82) is 0 Å². The fourth-order valence-corrected chi connectivity index (χ4v) is 3.90. The summed E-state index contributed by atoms with van der Waals surface area (Å²) in [5.74, 6) is -0.0522. The molecule has 5 N–H and O–H groups in total. The summed E-state index contributed by atoms with van der Waals surface area (Å²) in [4.78, 5) is 4.58. The molecule has 0 saturated carbocycles. The van der Waals surface area contributed by atoms with Crippen LogP contribution in [-0.2, 0) is 14.4 Å². The normalized spacial score (nSPS) is 40.7. The highest BCUT2D eigenvalue weighted by Gasteiger charge is 2.47. The van der Waals surface area contributed by atoms with Crippen molar-refractivity contribution in [2.24, 2.45) is 5.92 Å². The SMILES string of the molecule is CC(=CCCC(C)(OC1OC(C)C(O)C(O)C1O)C1C=CC(C)(OO)CC1)CO. The van der Waals surface area contributed by atoms with Crippen LogP contribution in [0.2, 0.25) is 0 Å². The summed E-state index contributed by atoms with van der Waals surface area (Å²) in [5, 5.41) is 48.8. The molecule has 8 unspecified atom stereocenters. The fourth-order valence-electron chi connectivity index (χ4n) is 3.90.